The molecule has 1 N–H and O–H groups in total. The van der Waals surface area contributed by atoms with Crippen LogP contribution in [-0.4, -0.2) is 19.1 Å². The van der Waals surface area contributed by atoms with E-state index < -0.39 is 5.82 Å². The number of carbonyl (C=O) groups is 1. The van der Waals surface area contributed by atoms with Gasteiger partial charge in [0.15, 0.2) is 0 Å². The highest BCUT2D eigenvalue weighted by Gasteiger charge is 2.19. The van der Waals surface area contributed by atoms with Gasteiger partial charge in [0.05, 0.1) is 12.1 Å². The first-order chi connectivity index (χ1) is 8.93. The van der Waals surface area contributed by atoms with Gasteiger partial charge in [-0.25, -0.2) is 4.39 Å². The van der Waals surface area contributed by atoms with Crippen molar-refractivity contribution in [2.24, 2.45) is 5.92 Å². The summed E-state index contributed by atoms with van der Waals surface area (Å²) in [6, 6.07) is 4.20. The van der Waals surface area contributed by atoms with Crippen molar-refractivity contribution in [1.29, 1.82) is 0 Å². The Labute approximate surface area is 118 Å². The molecule has 0 heterocycles. The van der Waals surface area contributed by atoms with Crippen LogP contribution in [0.2, 0.25) is 5.02 Å². The van der Waals surface area contributed by atoms with Crippen molar-refractivity contribution in [1.82, 2.24) is 5.32 Å². The van der Waals surface area contributed by atoms with E-state index in [1.165, 1.54) is 19.2 Å². The third-order valence-corrected chi connectivity index (χ3v) is 3.04. The van der Waals surface area contributed by atoms with Crippen LogP contribution >= 0.6 is 11.6 Å². The molecule has 1 rings (SSSR count). The average Bonchev–Trinajstić information content (AvgIpc) is 2.37. The lowest BCUT2D eigenvalue weighted by Gasteiger charge is -2.18. The SMILES string of the molecule is COC(=O)C(CC(C)C)NCc1ccc(Cl)c(F)c1. The Morgan fingerprint density at radius 3 is 2.68 bits per heavy atom. The molecule has 0 saturated heterocycles. The first-order valence-corrected chi connectivity index (χ1v) is 6.57. The highest BCUT2D eigenvalue weighted by atomic mass is 35.5. The van der Waals surface area contributed by atoms with Gasteiger partial charge in [-0.3, -0.25) is 4.79 Å². The van der Waals surface area contributed by atoms with Crippen molar-refractivity contribution >= 4 is 17.6 Å². The molecule has 3 nitrogen and oxygen atoms in total. The van der Waals surface area contributed by atoms with Crippen LogP contribution in [0.15, 0.2) is 18.2 Å². The molecule has 0 aliphatic heterocycles. The van der Waals surface area contributed by atoms with Gasteiger partial charge in [0.1, 0.15) is 11.9 Å². The van der Waals surface area contributed by atoms with Gasteiger partial charge in [0.25, 0.3) is 0 Å². The number of ether oxygens (including phenoxy) is 1. The van der Waals surface area contributed by atoms with Gasteiger partial charge in [0.2, 0.25) is 0 Å². The summed E-state index contributed by atoms with van der Waals surface area (Å²) in [7, 11) is 1.36. The molecule has 1 atom stereocenters. The van der Waals surface area contributed by atoms with Crippen molar-refractivity contribution in [3.8, 4) is 0 Å². The van der Waals surface area contributed by atoms with Crippen LogP contribution in [0, 0.1) is 11.7 Å². The number of halogens is 2. The summed E-state index contributed by atoms with van der Waals surface area (Å²) in [5.74, 6) is -0.402. The quantitative estimate of drug-likeness (QED) is 0.817. The monoisotopic (exact) mass is 287 g/mol. The van der Waals surface area contributed by atoms with E-state index in [1.807, 2.05) is 13.8 Å². The maximum atomic E-state index is 13.3. The molecule has 0 amide bonds. The average molecular weight is 288 g/mol. The zero-order chi connectivity index (χ0) is 14.4. The van der Waals surface area contributed by atoms with E-state index in [9.17, 15) is 9.18 Å². The molecule has 0 saturated carbocycles. The van der Waals surface area contributed by atoms with E-state index in [0.717, 1.165) is 5.56 Å². The third-order valence-electron chi connectivity index (χ3n) is 2.73. The summed E-state index contributed by atoms with van der Waals surface area (Å²) in [6.45, 7) is 4.44. The van der Waals surface area contributed by atoms with Crippen LogP contribution in [0.5, 0.6) is 0 Å². The zero-order valence-corrected chi connectivity index (χ0v) is 12.1. The lowest BCUT2D eigenvalue weighted by Crippen LogP contribution is -2.38. The number of carbonyl (C=O) groups excluding carboxylic acids is 1. The summed E-state index contributed by atoms with van der Waals surface area (Å²) in [4.78, 5) is 11.6. The highest BCUT2D eigenvalue weighted by molar-refractivity contribution is 6.30. The molecule has 0 spiro atoms. The number of esters is 1. The topological polar surface area (TPSA) is 38.3 Å². The second-order valence-electron chi connectivity index (χ2n) is 4.83. The maximum Gasteiger partial charge on any atom is 0.322 e. The molecule has 0 aliphatic carbocycles. The summed E-state index contributed by atoms with van der Waals surface area (Å²) in [5, 5.41) is 3.17. The van der Waals surface area contributed by atoms with E-state index in [2.05, 4.69) is 5.32 Å². The molecule has 0 radical (unpaired) electrons. The van der Waals surface area contributed by atoms with Crippen LogP contribution in [0.4, 0.5) is 4.39 Å². The van der Waals surface area contributed by atoms with Crippen molar-refractivity contribution in [2.75, 3.05) is 7.11 Å². The predicted molar refractivity (Wildman–Crippen MR) is 73.5 cm³/mol. The second kappa shape index (κ2) is 7.46. The Bertz CT molecular complexity index is 437. The van der Waals surface area contributed by atoms with E-state index in [-0.39, 0.29) is 17.0 Å². The van der Waals surface area contributed by atoms with Gasteiger partial charge in [-0.1, -0.05) is 31.5 Å². The molecule has 1 aromatic rings. The lowest BCUT2D eigenvalue weighted by atomic mass is 10.0. The van der Waals surface area contributed by atoms with Crippen molar-refractivity contribution in [3.05, 3.63) is 34.6 Å². The summed E-state index contributed by atoms with van der Waals surface area (Å²) >= 11 is 5.62. The van der Waals surface area contributed by atoms with E-state index >= 15 is 0 Å². The van der Waals surface area contributed by atoms with Crippen LogP contribution < -0.4 is 5.32 Å². The first kappa shape index (κ1) is 15.9. The van der Waals surface area contributed by atoms with E-state index in [0.29, 0.717) is 18.9 Å². The van der Waals surface area contributed by atoms with Crippen molar-refractivity contribution in [2.45, 2.75) is 32.9 Å². The molecule has 0 fully saturated rings. The Morgan fingerprint density at radius 2 is 2.16 bits per heavy atom. The fourth-order valence-electron chi connectivity index (χ4n) is 1.77. The highest BCUT2D eigenvalue weighted by Crippen LogP contribution is 2.16. The lowest BCUT2D eigenvalue weighted by molar-refractivity contribution is -0.143. The summed E-state index contributed by atoms with van der Waals surface area (Å²) < 4.78 is 18.0. The molecule has 0 aliphatic rings. The largest absolute Gasteiger partial charge is 0.468 e. The number of nitrogens with one attached hydrogen (secondary N) is 1. The van der Waals surface area contributed by atoms with Crippen LogP contribution in [0.3, 0.4) is 0 Å². The number of hydrogen-bond donors (Lipinski definition) is 1. The molecule has 0 aromatic heterocycles. The number of methoxy groups -OCH3 is 1. The smallest absolute Gasteiger partial charge is 0.322 e. The fraction of sp³-hybridized carbons (Fsp3) is 0.500. The maximum absolute atomic E-state index is 13.3. The minimum absolute atomic E-state index is 0.0930. The summed E-state index contributed by atoms with van der Waals surface area (Å²) in [5.41, 5.74) is 0.736. The van der Waals surface area contributed by atoms with Gasteiger partial charge in [-0.05, 0) is 30.0 Å². The van der Waals surface area contributed by atoms with Crippen LogP contribution in [-0.2, 0) is 16.1 Å². The molecule has 1 aromatic carbocycles. The summed E-state index contributed by atoms with van der Waals surface area (Å²) in [6.07, 6.45) is 0.669. The van der Waals surface area contributed by atoms with Gasteiger partial charge in [0, 0.05) is 6.54 Å². The Morgan fingerprint density at radius 1 is 1.47 bits per heavy atom. The third kappa shape index (κ3) is 5.17. The van der Waals surface area contributed by atoms with E-state index in [4.69, 9.17) is 16.3 Å². The number of benzene rings is 1. The zero-order valence-electron chi connectivity index (χ0n) is 11.4. The molecule has 106 valence electrons. The van der Waals surface area contributed by atoms with Crippen molar-refractivity contribution in [3.63, 3.8) is 0 Å². The molecule has 5 heteroatoms. The molecule has 1 unspecified atom stereocenters. The van der Waals surface area contributed by atoms with Gasteiger partial charge in [-0.2, -0.15) is 0 Å². The Kier molecular flexibility index (Phi) is 6.25. The van der Waals surface area contributed by atoms with Gasteiger partial charge >= 0.3 is 5.97 Å². The molecular formula is C14H19ClFNO2. The van der Waals surface area contributed by atoms with Crippen molar-refractivity contribution < 1.29 is 13.9 Å². The second-order valence-corrected chi connectivity index (χ2v) is 5.24. The van der Waals surface area contributed by atoms with E-state index in [1.54, 1.807) is 6.07 Å². The Hall–Kier alpha value is -1.13. The minimum atomic E-state index is -0.459. The number of rotatable bonds is 6. The van der Waals surface area contributed by atoms with Gasteiger partial charge < -0.3 is 10.1 Å². The standard InChI is InChI=1S/C14H19ClFNO2/c1-9(2)6-13(14(18)19-3)17-8-10-4-5-11(15)12(16)7-10/h4-5,7,9,13,17H,6,8H2,1-3H3. The fourth-order valence-corrected chi connectivity index (χ4v) is 1.88. The molecule has 0 bridgehead atoms. The number of hydrogen-bond acceptors (Lipinski definition) is 3. The molecule has 19 heavy (non-hydrogen) atoms. The molecular weight excluding hydrogens is 269 g/mol. The first-order valence-electron chi connectivity index (χ1n) is 6.19. The van der Waals surface area contributed by atoms with Gasteiger partial charge in [-0.15, -0.1) is 0 Å². The van der Waals surface area contributed by atoms with Crippen LogP contribution in [0.1, 0.15) is 25.8 Å². The Balaban J connectivity index is 2.64. The minimum Gasteiger partial charge on any atom is -0.468 e. The predicted octanol–water partition coefficient (Wildman–Crippen LogP) is 3.16. The normalized spacial score (nSPS) is 12.5. The van der Waals surface area contributed by atoms with Crippen LogP contribution in [0.25, 0.3) is 0 Å².